The normalized spacial score (nSPS) is 22.6. The second-order valence-corrected chi connectivity index (χ2v) is 5.27. The van der Waals surface area contributed by atoms with E-state index in [1.165, 1.54) is 37.8 Å². The number of rotatable bonds is 4. The molecule has 0 saturated carbocycles. The summed E-state index contributed by atoms with van der Waals surface area (Å²) in [6.45, 7) is 1.19. The van der Waals surface area contributed by atoms with Gasteiger partial charge in [-0.15, -0.1) is 0 Å². The van der Waals surface area contributed by atoms with Gasteiger partial charge in [0, 0.05) is 12.1 Å². The maximum absolute atomic E-state index is 3.65. The van der Waals surface area contributed by atoms with Crippen molar-refractivity contribution in [2.45, 2.75) is 37.8 Å². The molecular formula is C15H24N2. The molecule has 2 atom stereocenters. The van der Waals surface area contributed by atoms with Gasteiger partial charge in [0.1, 0.15) is 0 Å². The summed E-state index contributed by atoms with van der Waals surface area (Å²) in [5.41, 5.74) is 1.44. The molecule has 0 amide bonds. The van der Waals surface area contributed by atoms with Crippen molar-refractivity contribution < 1.29 is 0 Å². The van der Waals surface area contributed by atoms with Crippen LogP contribution in [-0.2, 0) is 0 Å². The van der Waals surface area contributed by atoms with Gasteiger partial charge in [-0.1, -0.05) is 36.8 Å². The third-order valence-corrected chi connectivity index (χ3v) is 3.73. The smallest absolute Gasteiger partial charge is 0.0356 e. The van der Waals surface area contributed by atoms with Crippen molar-refractivity contribution in [2.75, 3.05) is 20.6 Å². The first-order valence-electron chi connectivity index (χ1n) is 6.72. The standard InChI is InChI=1S/C15H24N2/c1-17(2)15(13-8-4-3-5-9-13)12-14-10-6-7-11-16-14/h3-5,8-9,14-16H,6-7,10-12H2,1-2H3. The second kappa shape index (κ2) is 6.18. The minimum absolute atomic E-state index is 0.534. The quantitative estimate of drug-likeness (QED) is 0.858. The molecule has 2 rings (SSSR count). The van der Waals surface area contributed by atoms with Gasteiger partial charge in [0.15, 0.2) is 0 Å². The Kier molecular flexibility index (Phi) is 4.57. The number of nitrogens with zero attached hydrogens (tertiary/aromatic N) is 1. The van der Waals surface area contributed by atoms with Crippen molar-refractivity contribution in [1.82, 2.24) is 10.2 Å². The summed E-state index contributed by atoms with van der Waals surface area (Å²) >= 11 is 0. The zero-order valence-electron chi connectivity index (χ0n) is 11.0. The minimum atomic E-state index is 0.534. The summed E-state index contributed by atoms with van der Waals surface area (Å²) < 4.78 is 0. The van der Waals surface area contributed by atoms with Gasteiger partial charge >= 0.3 is 0 Å². The van der Waals surface area contributed by atoms with Crippen LogP contribution in [0.4, 0.5) is 0 Å². The molecule has 0 bridgehead atoms. The first-order valence-corrected chi connectivity index (χ1v) is 6.72. The molecule has 1 saturated heterocycles. The summed E-state index contributed by atoms with van der Waals surface area (Å²) in [6.07, 6.45) is 5.27. The lowest BCUT2D eigenvalue weighted by atomic mass is 9.93. The number of hydrogen-bond acceptors (Lipinski definition) is 2. The number of benzene rings is 1. The first-order chi connectivity index (χ1) is 8.27. The molecule has 0 spiro atoms. The van der Waals surface area contributed by atoms with Crippen LogP contribution in [0.1, 0.15) is 37.3 Å². The molecule has 1 heterocycles. The van der Waals surface area contributed by atoms with E-state index < -0.39 is 0 Å². The topological polar surface area (TPSA) is 15.3 Å². The van der Waals surface area contributed by atoms with Gasteiger partial charge in [-0.25, -0.2) is 0 Å². The van der Waals surface area contributed by atoms with E-state index >= 15 is 0 Å². The van der Waals surface area contributed by atoms with Crippen LogP contribution >= 0.6 is 0 Å². The molecule has 0 aliphatic carbocycles. The van der Waals surface area contributed by atoms with E-state index in [2.05, 4.69) is 54.6 Å². The fourth-order valence-corrected chi connectivity index (χ4v) is 2.71. The highest BCUT2D eigenvalue weighted by Crippen LogP contribution is 2.25. The maximum Gasteiger partial charge on any atom is 0.0356 e. The van der Waals surface area contributed by atoms with Crippen LogP contribution in [0.15, 0.2) is 30.3 Å². The SMILES string of the molecule is CN(C)C(CC1CCCCN1)c1ccccc1. The van der Waals surface area contributed by atoms with Gasteiger partial charge < -0.3 is 10.2 Å². The zero-order valence-corrected chi connectivity index (χ0v) is 11.0. The van der Waals surface area contributed by atoms with Crippen LogP contribution in [0.25, 0.3) is 0 Å². The van der Waals surface area contributed by atoms with Gasteiger partial charge in [-0.05, 0) is 45.5 Å². The lowest BCUT2D eigenvalue weighted by Crippen LogP contribution is -2.37. The Balaban J connectivity index is 2.02. The predicted molar refractivity (Wildman–Crippen MR) is 73.1 cm³/mol. The number of nitrogens with one attached hydrogen (secondary N) is 1. The first kappa shape index (κ1) is 12.6. The molecule has 0 radical (unpaired) electrons. The highest BCUT2D eigenvalue weighted by Gasteiger charge is 2.20. The van der Waals surface area contributed by atoms with E-state index in [0.29, 0.717) is 12.1 Å². The molecule has 2 nitrogen and oxygen atoms in total. The van der Waals surface area contributed by atoms with Gasteiger partial charge in [-0.2, -0.15) is 0 Å². The summed E-state index contributed by atoms with van der Waals surface area (Å²) in [6, 6.07) is 12.1. The van der Waals surface area contributed by atoms with E-state index in [0.717, 1.165) is 0 Å². The molecule has 1 fully saturated rings. The molecule has 1 aliphatic rings. The molecule has 1 aromatic carbocycles. The van der Waals surface area contributed by atoms with Crippen molar-refractivity contribution in [1.29, 1.82) is 0 Å². The Labute approximate surface area is 105 Å². The average molecular weight is 232 g/mol. The fraction of sp³-hybridized carbons (Fsp3) is 0.600. The van der Waals surface area contributed by atoms with Crippen LogP contribution in [0, 0.1) is 0 Å². The average Bonchev–Trinajstić information content (AvgIpc) is 2.38. The van der Waals surface area contributed by atoms with Crippen molar-refractivity contribution in [3.05, 3.63) is 35.9 Å². The van der Waals surface area contributed by atoms with Crippen LogP contribution in [0.5, 0.6) is 0 Å². The van der Waals surface area contributed by atoms with E-state index in [4.69, 9.17) is 0 Å². The summed E-state index contributed by atoms with van der Waals surface area (Å²) in [7, 11) is 4.36. The minimum Gasteiger partial charge on any atom is -0.314 e. The van der Waals surface area contributed by atoms with E-state index in [1.807, 2.05) is 0 Å². The molecular weight excluding hydrogens is 208 g/mol. The van der Waals surface area contributed by atoms with Crippen LogP contribution < -0.4 is 5.32 Å². The van der Waals surface area contributed by atoms with Crippen molar-refractivity contribution in [2.24, 2.45) is 0 Å². The largest absolute Gasteiger partial charge is 0.314 e. The maximum atomic E-state index is 3.65. The molecule has 94 valence electrons. The Hall–Kier alpha value is -0.860. The van der Waals surface area contributed by atoms with E-state index in [-0.39, 0.29) is 0 Å². The van der Waals surface area contributed by atoms with Crippen LogP contribution in [-0.4, -0.2) is 31.6 Å². The summed E-state index contributed by atoms with van der Waals surface area (Å²) in [4.78, 5) is 2.34. The van der Waals surface area contributed by atoms with Gasteiger partial charge in [0.25, 0.3) is 0 Å². The molecule has 1 aliphatic heterocycles. The molecule has 0 aromatic heterocycles. The van der Waals surface area contributed by atoms with Gasteiger partial charge in [-0.3, -0.25) is 0 Å². The molecule has 1 aromatic rings. The fourth-order valence-electron chi connectivity index (χ4n) is 2.71. The molecule has 1 N–H and O–H groups in total. The van der Waals surface area contributed by atoms with Crippen molar-refractivity contribution in [3.8, 4) is 0 Å². The Bertz CT molecular complexity index is 315. The second-order valence-electron chi connectivity index (χ2n) is 5.27. The van der Waals surface area contributed by atoms with Gasteiger partial charge in [0.05, 0.1) is 0 Å². The van der Waals surface area contributed by atoms with Crippen LogP contribution in [0.2, 0.25) is 0 Å². The molecule has 2 unspecified atom stereocenters. The third-order valence-electron chi connectivity index (χ3n) is 3.73. The highest BCUT2D eigenvalue weighted by molar-refractivity contribution is 5.19. The monoisotopic (exact) mass is 232 g/mol. The van der Waals surface area contributed by atoms with E-state index in [1.54, 1.807) is 0 Å². The molecule has 2 heteroatoms. The Morgan fingerprint density at radius 3 is 2.59 bits per heavy atom. The summed E-state index contributed by atoms with van der Waals surface area (Å²) in [5.74, 6) is 0. The molecule has 17 heavy (non-hydrogen) atoms. The lowest BCUT2D eigenvalue weighted by Gasteiger charge is -2.31. The Morgan fingerprint density at radius 1 is 1.24 bits per heavy atom. The Morgan fingerprint density at radius 2 is 2.00 bits per heavy atom. The van der Waals surface area contributed by atoms with Crippen molar-refractivity contribution in [3.63, 3.8) is 0 Å². The van der Waals surface area contributed by atoms with E-state index in [9.17, 15) is 0 Å². The van der Waals surface area contributed by atoms with Crippen molar-refractivity contribution >= 4 is 0 Å². The third kappa shape index (κ3) is 3.55. The number of piperidine rings is 1. The summed E-state index contributed by atoms with van der Waals surface area (Å²) in [5, 5.41) is 3.65. The number of hydrogen-bond donors (Lipinski definition) is 1. The highest BCUT2D eigenvalue weighted by atomic mass is 15.1. The lowest BCUT2D eigenvalue weighted by molar-refractivity contribution is 0.240. The van der Waals surface area contributed by atoms with Gasteiger partial charge in [0.2, 0.25) is 0 Å². The predicted octanol–water partition coefficient (Wildman–Crippen LogP) is 2.82. The van der Waals surface area contributed by atoms with Crippen LogP contribution in [0.3, 0.4) is 0 Å². The zero-order chi connectivity index (χ0) is 12.1.